The van der Waals surface area contributed by atoms with E-state index in [1.54, 1.807) is 5.19 Å². The first-order chi connectivity index (χ1) is 9.42. The molecule has 0 spiro atoms. The van der Waals surface area contributed by atoms with Crippen molar-refractivity contribution in [3.05, 3.63) is 66.2 Å². The van der Waals surface area contributed by atoms with Crippen LogP contribution in [0.1, 0.15) is 25.8 Å². The van der Waals surface area contributed by atoms with Crippen molar-refractivity contribution >= 4 is 13.3 Å². The minimum Gasteiger partial charge on any atom is -0.0654 e. The second-order valence-electron chi connectivity index (χ2n) is 7.00. The zero-order valence-corrected chi connectivity index (χ0v) is 14.2. The molecule has 20 heavy (non-hydrogen) atoms. The zero-order valence-electron chi connectivity index (χ0n) is 13.2. The van der Waals surface area contributed by atoms with Crippen LogP contribution in [-0.4, -0.2) is 8.07 Å². The maximum absolute atomic E-state index is 2.49. The van der Waals surface area contributed by atoms with Crippen LogP contribution < -0.4 is 5.19 Å². The fraction of sp³-hybridized carbons (Fsp3) is 0.368. The lowest BCUT2D eigenvalue weighted by Gasteiger charge is -2.31. The molecule has 0 N–H and O–H groups in total. The van der Waals surface area contributed by atoms with E-state index in [4.69, 9.17) is 0 Å². The molecule has 1 heteroatoms. The molecule has 0 amide bonds. The largest absolute Gasteiger partial charge is 0.0806 e. The summed E-state index contributed by atoms with van der Waals surface area (Å²) in [4.78, 5) is 0. The lowest BCUT2D eigenvalue weighted by atomic mass is 9.82. The van der Waals surface area contributed by atoms with E-state index in [-0.39, 0.29) is 5.41 Å². The highest BCUT2D eigenvalue weighted by Gasteiger charge is 2.28. The average molecular weight is 283 g/mol. The Balaban J connectivity index is 2.08. The zero-order chi connectivity index (χ0) is 14.6. The van der Waals surface area contributed by atoms with Crippen LogP contribution in [0.25, 0.3) is 0 Å². The first-order valence-electron chi connectivity index (χ1n) is 7.53. The van der Waals surface area contributed by atoms with Gasteiger partial charge in [0.2, 0.25) is 0 Å². The SMILES string of the molecule is CC(C)(CC[Si](C)(C)c1ccccc1)c1ccccc1. The van der Waals surface area contributed by atoms with Gasteiger partial charge in [0.05, 0.1) is 8.07 Å². The van der Waals surface area contributed by atoms with Gasteiger partial charge in [0.15, 0.2) is 0 Å². The quantitative estimate of drug-likeness (QED) is 0.679. The highest BCUT2D eigenvalue weighted by atomic mass is 28.3. The molecular formula is C19H26Si. The van der Waals surface area contributed by atoms with E-state index in [0.29, 0.717) is 0 Å². The summed E-state index contributed by atoms with van der Waals surface area (Å²) in [6.07, 6.45) is 1.26. The summed E-state index contributed by atoms with van der Waals surface area (Å²) in [5.41, 5.74) is 1.72. The summed E-state index contributed by atoms with van der Waals surface area (Å²) in [5.74, 6) is 0. The first kappa shape index (κ1) is 15.1. The molecule has 2 aromatic carbocycles. The van der Waals surface area contributed by atoms with E-state index in [1.807, 2.05) is 0 Å². The number of hydrogen-bond donors (Lipinski definition) is 0. The Labute approximate surface area is 124 Å². The number of benzene rings is 2. The topological polar surface area (TPSA) is 0 Å². The molecule has 0 nitrogen and oxygen atoms in total. The molecule has 0 fully saturated rings. The highest BCUT2D eigenvalue weighted by Crippen LogP contribution is 2.30. The number of rotatable bonds is 5. The molecule has 106 valence electrons. The van der Waals surface area contributed by atoms with Gasteiger partial charge in [-0.2, -0.15) is 0 Å². The monoisotopic (exact) mass is 282 g/mol. The summed E-state index contributed by atoms with van der Waals surface area (Å²) in [7, 11) is -1.32. The second-order valence-corrected chi connectivity index (χ2v) is 11.8. The molecule has 0 heterocycles. The summed E-state index contributed by atoms with van der Waals surface area (Å²) >= 11 is 0. The van der Waals surface area contributed by atoms with Crippen molar-refractivity contribution in [2.75, 3.05) is 0 Å². The van der Waals surface area contributed by atoms with Gasteiger partial charge < -0.3 is 0 Å². The van der Waals surface area contributed by atoms with Crippen molar-refractivity contribution < 1.29 is 0 Å². The van der Waals surface area contributed by atoms with E-state index in [9.17, 15) is 0 Å². The minimum absolute atomic E-state index is 0.264. The van der Waals surface area contributed by atoms with E-state index in [2.05, 4.69) is 87.6 Å². The normalized spacial score (nSPS) is 12.4. The standard InChI is InChI=1S/C19H26Si/c1-19(2,17-11-7-5-8-12-17)15-16-20(3,4)18-13-9-6-10-14-18/h5-14H,15-16H2,1-4H3. The van der Waals surface area contributed by atoms with Crippen LogP contribution in [0.5, 0.6) is 0 Å². The van der Waals surface area contributed by atoms with Crippen LogP contribution in [0, 0.1) is 0 Å². The second kappa shape index (κ2) is 5.97. The molecule has 0 saturated carbocycles. The third-order valence-electron chi connectivity index (χ3n) is 4.49. The van der Waals surface area contributed by atoms with Gasteiger partial charge in [0.25, 0.3) is 0 Å². The lowest BCUT2D eigenvalue weighted by molar-refractivity contribution is 0.503. The van der Waals surface area contributed by atoms with Gasteiger partial charge in [-0.25, -0.2) is 0 Å². The predicted octanol–water partition coefficient (Wildman–Crippen LogP) is 4.97. The first-order valence-corrected chi connectivity index (χ1v) is 10.7. The molecule has 2 aromatic rings. The van der Waals surface area contributed by atoms with Crippen molar-refractivity contribution in [2.45, 2.75) is 44.8 Å². The highest BCUT2D eigenvalue weighted by molar-refractivity contribution is 6.89. The fourth-order valence-electron chi connectivity index (χ4n) is 2.69. The van der Waals surface area contributed by atoms with Crippen molar-refractivity contribution in [1.29, 1.82) is 0 Å². The van der Waals surface area contributed by atoms with Gasteiger partial charge >= 0.3 is 0 Å². The van der Waals surface area contributed by atoms with Gasteiger partial charge in [-0.1, -0.05) is 98.8 Å². The van der Waals surface area contributed by atoms with E-state index < -0.39 is 8.07 Å². The molecular weight excluding hydrogens is 256 g/mol. The Kier molecular flexibility index (Phi) is 4.49. The molecule has 0 aliphatic rings. The van der Waals surface area contributed by atoms with Gasteiger partial charge in [0.1, 0.15) is 0 Å². The molecule has 0 aliphatic carbocycles. The molecule has 0 radical (unpaired) electrons. The van der Waals surface area contributed by atoms with Gasteiger partial charge in [-0.15, -0.1) is 0 Å². The molecule has 2 rings (SSSR count). The molecule has 0 aliphatic heterocycles. The number of hydrogen-bond acceptors (Lipinski definition) is 0. The molecule has 0 saturated heterocycles. The van der Waals surface area contributed by atoms with Crippen molar-refractivity contribution in [1.82, 2.24) is 0 Å². The molecule has 0 atom stereocenters. The Morgan fingerprint density at radius 2 is 1.30 bits per heavy atom. The maximum atomic E-state index is 2.49. The van der Waals surface area contributed by atoms with Crippen molar-refractivity contribution in [3.8, 4) is 0 Å². The lowest BCUT2D eigenvalue weighted by Crippen LogP contribution is -2.42. The maximum Gasteiger partial charge on any atom is 0.0806 e. The van der Waals surface area contributed by atoms with E-state index in [0.717, 1.165) is 0 Å². The Morgan fingerprint density at radius 1 is 0.800 bits per heavy atom. The van der Waals surface area contributed by atoms with Crippen molar-refractivity contribution in [2.24, 2.45) is 0 Å². The summed E-state index contributed by atoms with van der Waals surface area (Å²) < 4.78 is 0. The summed E-state index contributed by atoms with van der Waals surface area (Å²) in [6.45, 7) is 9.72. The minimum atomic E-state index is -1.32. The third kappa shape index (κ3) is 3.60. The van der Waals surface area contributed by atoms with Crippen LogP contribution in [0.4, 0.5) is 0 Å². The smallest absolute Gasteiger partial charge is 0.0654 e. The van der Waals surface area contributed by atoms with Gasteiger partial charge in [-0.3, -0.25) is 0 Å². The van der Waals surface area contributed by atoms with Crippen LogP contribution >= 0.6 is 0 Å². The Hall–Kier alpha value is -1.34. The van der Waals surface area contributed by atoms with Gasteiger partial charge in [-0.05, 0) is 17.4 Å². The van der Waals surface area contributed by atoms with Crippen LogP contribution in [0.3, 0.4) is 0 Å². The van der Waals surface area contributed by atoms with E-state index in [1.165, 1.54) is 18.0 Å². The van der Waals surface area contributed by atoms with Crippen LogP contribution in [0.15, 0.2) is 60.7 Å². The third-order valence-corrected chi connectivity index (χ3v) is 7.88. The van der Waals surface area contributed by atoms with Crippen molar-refractivity contribution in [3.63, 3.8) is 0 Å². The fourth-order valence-corrected chi connectivity index (χ4v) is 5.33. The van der Waals surface area contributed by atoms with Gasteiger partial charge in [0, 0.05) is 0 Å². The average Bonchev–Trinajstić information content (AvgIpc) is 2.47. The summed E-state index contributed by atoms with van der Waals surface area (Å²) in [5, 5.41) is 1.57. The van der Waals surface area contributed by atoms with E-state index >= 15 is 0 Å². The molecule has 0 aromatic heterocycles. The van der Waals surface area contributed by atoms with Crippen LogP contribution in [0.2, 0.25) is 19.1 Å². The Bertz CT molecular complexity index is 475. The molecule has 0 bridgehead atoms. The predicted molar refractivity (Wildman–Crippen MR) is 92.5 cm³/mol. The summed E-state index contributed by atoms with van der Waals surface area (Å²) in [6, 6.07) is 23.3. The van der Waals surface area contributed by atoms with Crippen LogP contribution in [-0.2, 0) is 5.41 Å². The Morgan fingerprint density at radius 3 is 1.85 bits per heavy atom. The molecule has 0 unspecified atom stereocenters.